The summed E-state index contributed by atoms with van der Waals surface area (Å²) in [6.45, 7) is 10.6. The van der Waals surface area contributed by atoms with Gasteiger partial charge in [-0.05, 0) is 54.3 Å². The zero-order chi connectivity index (χ0) is 21.1. The van der Waals surface area contributed by atoms with E-state index in [1.54, 1.807) is 18.4 Å². The lowest BCUT2D eigenvalue weighted by molar-refractivity contribution is -0.926. The van der Waals surface area contributed by atoms with Crippen molar-refractivity contribution in [2.45, 2.75) is 38.8 Å². The second-order valence-corrected chi connectivity index (χ2v) is 9.39. The highest BCUT2D eigenvalue weighted by atomic mass is 32.1. The summed E-state index contributed by atoms with van der Waals surface area (Å²) in [6.07, 6.45) is 0.973. The second-order valence-electron chi connectivity index (χ2n) is 8.41. The molecule has 7 nitrogen and oxygen atoms in total. The molecule has 1 saturated heterocycles. The normalized spacial score (nSPS) is 16.6. The number of piperazine rings is 1. The van der Waals surface area contributed by atoms with Crippen LogP contribution in [-0.2, 0) is 5.54 Å². The molecular formula is C22H31N6OS+. The first-order valence-corrected chi connectivity index (χ1v) is 11.5. The maximum Gasteiger partial charge on any atom is 0.215 e. The van der Waals surface area contributed by atoms with Crippen molar-refractivity contribution < 1.29 is 9.64 Å². The van der Waals surface area contributed by atoms with Crippen LogP contribution < -0.4 is 14.5 Å². The number of ether oxygens (including phenoxy) is 1. The fraction of sp³-hybridized carbons (Fsp3) is 0.500. The van der Waals surface area contributed by atoms with Crippen LogP contribution in [-0.4, -0.2) is 53.5 Å². The Kier molecular flexibility index (Phi) is 6.06. The van der Waals surface area contributed by atoms with Crippen LogP contribution in [0.4, 0.5) is 5.69 Å². The molecule has 0 aliphatic carbocycles. The van der Waals surface area contributed by atoms with E-state index in [1.807, 2.05) is 10.7 Å². The summed E-state index contributed by atoms with van der Waals surface area (Å²) in [5.74, 6) is 1.87. The molecule has 0 radical (unpaired) electrons. The highest BCUT2D eigenvalue weighted by Crippen LogP contribution is 2.27. The molecule has 1 aliphatic rings. The Morgan fingerprint density at radius 3 is 2.67 bits per heavy atom. The van der Waals surface area contributed by atoms with Gasteiger partial charge in [-0.25, -0.2) is 4.68 Å². The molecule has 4 rings (SSSR count). The molecule has 3 heterocycles. The smallest absolute Gasteiger partial charge is 0.215 e. The predicted molar refractivity (Wildman–Crippen MR) is 119 cm³/mol. The maximum atomic E-state index is 5.40. The molecular weight excluding hydrogens is 396 g/mol. The summed E-state index contributed by atoms with van der Waals surface area (Å²) >= 11 is 1.79. The van der Waals surface area contributed by atoms with Gasteiger partial charge in [-0.1, -0.05) is 19.1 Å². The van der Waals surface area contributed by atoms with Gasteiger partial charge >= 0.3 is 0 Å². The Morgan fingerprint density at radius 2 is 2.00 bits per heavy atom. The fourth-order valence-electron chi connectivity index (χ4n) is 4.07. The number of quaternary nitrogens is 1. The number of hydrogen-bond donors (Lipinski definition) is 1. The number of anilines is 1. The van der Waals surface area contributed by atoms with Crippen molar-refractivity contribution in [1.82, 2.24) is 20.2 Å². The number of nitrogens with zero attached hydrogens (tertiary/aromatic N) is 5. The fourth-order valence-corrected chi connectivity index (χ4v) is 4.95. The van der Waals surface area contributed by atoms with Gasteiger partial charge in [0.05, 0.1) is 43.7 Å². The Balaban J connectivity index is 1.58. The third-order valence-electron chi connectivity index (χ3n) is 6.25. The largest absolute Gasteiger partial charge is 0.497 e. The maximum absolute atomic E-state index is 5.40. The van der Waals surface area contributed by atoms with Crippen LogP contribution in [0, 0.1) is 0 Å². The van der Waals surface area contributed by atoms with Crippen LogP contribution in [0.3, 0.4) is 0 Å². The van der Waals surface area contributed by atoms with E-state index in [0.29, 0.717) is 0 Å². The molecule has 1 atom stereocenters. The number of benzene rings is 1. The molecule has 1 aliphatic heterocycles. The predicted octanol–water partition coefficient (Wildman–Crippen LogP) is 2.38. The van der Waals surface area contributed by atoms with Gasteiger partial charge in [-0.2, -0.15) is 0 Å². The molecule has 2 aromatic heterocycles. The number of aromatic nitrogens is 4. The van der Waals surface area contributed by atoms with Gasteiger partial charge in [-0.3, -0.25) is 0 Å². The molecule has 3 aromatic rings. The van der Waals surface area contributed by atoms with E-state index in [2.05, 4.69) is 76.9 Å². The standard InChI is InChI=1S/C22H30N6OS/c1-5-22(2,3)28-21(23-24-25-28)20(19-10-7-15-30-19)27-13-11-26(12-14-27)17-8-6-9-18(16-17)29-4/h6-10,15-16,20H,5,11-14H2,1-4H3/p+1/t20-/m1/s1. The van der Waals surface area contributed by atoms with Crippen LogP contribution in [0.15, 0.2) is 41.8 Å². The van der Waals surface area contributed by atoms with Crippen molar-refractivity contribution in [2.24, 2.45) is 0 Å². The third-order valence-corrected chi connectivity index (χ3v) is 7.19. The molecule has 0 amide bonds. The van der Waals surface area contributed by atoms with Crippen molar-refractivity contribution in [3.05, 3.63) is 52.5 Å². The van der Waals surface area contributed by atoms with Crippen LogP contribution in [0.2, 0.25) is 0 Å². The Labute approximate surface area is 182 Å². The van der Waals surface area contributed by atoms with Crippen molar-refractivity contribution in [2.75, 3.05) is 38.2 Å². The molecule has 8 heteroatoms. The Hall–Kier alpha value is -2.45. The number of thiophene rings is 1. The first-order chi connectivity index (χ1) is 14.5. The minimum atomic E-state index is -0.115. The third kappa shape index (κ3) is 4.06. The minimum Gasteiger partial charge on any atom is -0.497 e. The van der Waals surface area contributed by atoms with Crippen molar-refractivity contribution >= 4 is 17.0 Å². The summed E-state index contributed by atoms with van der Waals surface area (Å²) in [5, 5.41) is 15.1. The Bertz CT molecular complexity index is 946. The molecule has 0 bridgehead atoms. The van der Waals surface area contributed by atoms with E-state index in [-0.39, 0.29) is 11.6 Å². The number of rotatable bonds is 7. The zero-order valence-electron chi connectivity index (χ0n) is 18.2. The molecule has 0 saturated carbocycles. The minimum absolute atomic E-state index is 0.115. The lowest BCUT2D eigenvalue weighted by Crippen LogP contribution is -3.15. The topological polar surface area (TPSA) is 60.5 Å². The van der Waals surface area contributed by atoms with Crippen LogP contribution in [0.5, 0.6) is 5.75 Å². The van der Waals surface area contributed by atoms with E-state index in [1.165, 1.54) is 15.5 Å². The molecule has 30 heavy (non-hydrogen) atoms. The van der Waals surface area contributed by atoms with E-state index < -0.39 is 0 Å². The van der Waals surface area contributed by atoms with E-state index >= 15 is 0 Å². The van der Waals surface area contributed by atoms with Gasteiger partial charge < -0.3 is 14.5 Å². The highest BCUT2D eigenvalue weighted by molar-refractivity contribution is 7.10. The summed E-state index contributed by atoms with van der Waals surface area (Å²) in [4.78, 5) is 5.28. The summed E-state index contributed by atoms with van der Waals surface area (Å²) in [7, 11) is 1.72. The summed E-state index contributed by atoms with van der Waals surface area (Å²) in [6, 6.07) is 12.8. The molecule has 1 N–H and O–H groups in total. The second kappa shape index (κ2) is 8.73. The summed E-state index contributed by atoms with van der Waals surface area (Å²) < 4.78 is 7.44. The van der Waals surface area contributed by atoms with Gasteiger partial charge in [0, 0.05) is 11.8 Å². The zero-order valence-corrected chi connectivity index (χ0v) is 19.0. The van der Waals surface area contributed by atoms with Crippen LogP contribution in [0.1, 0.15) is 43.9 Å². The van der Waals surface area contributed by atoms with Crippen LogP contribution in [0.25, 0.3) is 0 Å². The molecule has 1 aromatic carbocycles. The first-order valence-electron chi connectivity index (χ1n) is 10.6. The number of nitrogens with one attached hydrogen (secondary N) is 1. The monoisotopic (exact) mass is 427 g/mol. The molecule has 0 unspecified atom stereocenters. The van der Waals surface area contributed by atoms with Crippen LogP contribution >= 0.6 is 11.3 Å². The van der Waals surface area contributed by atoms with Gasteiger partial charge in [-0.15, -0.1) is 16.4 Å². The van der Waals surface area contributed by atoms with Gasteiger partial charge in [0.25, 0.3) is 0 Å². The van der Waals surface area contributed by atoms with Crippen molar-refractivity contribution in [3.63, 3.8) is 0 Å². The van der Waals surface area contributed by atoms with Gasteiger partial charge in [0.15, 0.2) is 6.04 Å². The van der Waals surface area contributed by atoms with E-state index in [4.69, 9.17) is 4.74 Å². The number of hydrogen-bond acceptors (Lipinski definition) is 6. The lowest BCUT2D eigenvalue weighted by atomic mass is 10.0. The number of tetrazole rings is 1. The molecule has 1 fully saturated rings. The average Bonchev–Trinajstić information content (AvgIpc) is 3.48. The highest BCUT2D eigenvalue weighted by Gasteiger charge is 2.37. The van der Waals surface area contributed by atoms with E-state index in [0.717, 1.165) is 44.2 Å². The van der Waals surface area contributed by atoms with Crippen molar-refractivity contribution in [1.29, 1.82) is 0 Å². The number of methoxy groups -OCH3 is 1. The SMILES string of the molecule is CCC(C)(C)n1nnnc1[C@@H](c1cccs1)[NH+]1CCN(c2cccc(OC)c2)CC1. The average molecular weight is 428 g/mol. The van der Waals surface area contributed by atoms with E-state index in [9.17, 15) is 0 Å². The van der Waals surface area contributed by atoms with Gasteiger partial charge in [0.2, 0.25) is 5.82 Å². The lowest BCUT2D eigenvalue weighted by Gasteiger charge is -2.37. The summed E-state index contributed by atoms with van der Waals surface area (Å²) in [5.41, 5.74) is 1.11. The Morgan fingerprint density at radius 1 is 1.20 bits per heavy atom. The molecule has 0 spiro atoms. The van der Waals surface area contributed by atoms with Crippen molar-refractivity contribution in [3.8, 4) is 5.75 Å². The quantitative estimate of drug-likeness (QED) is 0.627. The van der Waals surface area contributed by atoms with Gasteiger partial charge in [0.1, 0.15) is 5.75 Å². The molecule has 160 valence electrons. The first kappa shape index (κ1) is 20.8.